The van der Waals surface area contributed by atoms with Crippen LogP contribution >= 0.6 is 11.8 Å². The summed E-state index contributed by atoms with van der Waals surface area (Å²) in [5, 5.41) is 4.21. The number of hydrogen-bond acceptors (Lipinski definition) is 2. The van der Waals surface area contributed by atoms with E-state index < -0.39 is 0 Å². The molecule has 0 radical (unpaired) electrons. The van der Waals surface area contributed by atoms with Crippen LogP contribution in [0.5, 0.6) is 0 Å². The predicted octanol–water partition coefficient (Wildman–Crippen LogP) is 3.44. The summed E-state index contributed by atoms with van der Waals surface area (Å²) in [6, 6.07) is 9.67. The van der Waals surface area contributed by atoms with Gasteiger partial charge in [-0.3, -0.25) is 0 Å². The van der Waals surface area contributed by atoms with E-state index in [0.717, 1.165) is 12.6 Å². The van der Waals surface area contributed by atoms with Crippen molar-refractivity contribution < 1.29 is 0 Å². The molecule has 1 aliphatic carbocycles. The summed E-state index contributed by atoms with van der Waals surface area (Å²) in [7, 11) is 0. The monoisotopic (exact) mass is 221 g/mol. The van der Waals surface area contributed by atoms with Crippen LogP contribution in [0.2, 0.25) is 0 Å². The van der Waals surface area contributed by atoms with Crippen LogP contribution in [0.3, 0.4) is 0 Å². The second kappa shape index (κ2) is 5.04. The van der Waals surface area contributed by atoms with Crippen molar-refractivity contribution in [2.75, 3.05) is 0 Å². The van der Waals surface area contributed by atoms with Crippen molar-refractivity contribution >= 4 is 11.8 Å². The molecule has 0 bridgehead atoms. The molecule has 1 nitrogen and oxygen atoms in total. The first-order valence-corrected chi connectivity index (χ1v) is 6.61. The SMILES string of the molecule is CC(C)Sc1cccc(CNC2CC2)c1. The highest BCUT2D eigenvalue weighted by atomic mass is 32.2. The molecule has 1 N–H and O–H groups in total. The zero-order chi connectivity index (χ0) is 10.7. The Labute approximate surface area is 96.7 Å². The van der Waals surface area contributed by atoms with Crippen LogP contribution in [0, 0.1) is 0 Å². The topological polar surface area (TPSA) is 12.0 Å². The molecule has 1 aliphatic rings. The molecule has 1 fully saturated rings. The molecule has 15 heavy (non-hydrogen) atoms. The van der Waals surface area contributed by atoms with Gasteiger partial charge >= 0.3 is 0 Å². The summed E-state index contributed by atoms with van der Waals surface area (Å²) >= 11 is 1.93. The van der Waals surface area contributed by atoms with Gasteiger partial charge in [-0.15, -0.1) is 11.8 Å². The Kier molecular flexibility index (Phi) is 3.71. The van der Waals surface area contributed by atoms with Crippen molar-refractivity contribution in [3.63, 3.8) is 0 Å². The quantitative estimate of drug-likeness (QED) is 0.764. The summed E-state index contributed by atoms with van der Waals surface area (Å²) in [5.41, 5.74) is 1.41. The first-order chi connectivity index (χ1) is 7.24. The zero-order valence-electron chi connectivity index (χ0n) is 9.49. The minimum atomic E-state index is 0.664. The van der Waals surface area contributed by atoms with Crippen LogP contribution in [0.25, 0.3) is 0 Å². The highest BCUT2D eigenvalue weighted by molar-refractivity contribution is 7.99. The van der Waals surface area contributed by atoms with E-state index in [2.05, 4.69) is 43.4 Å². The third kappa shape index (κ3) is 3.88. The van der Waals surface area contributed by atoms with Gasteiger partial charge in [0.2, 0.25) is 0 Å². The molecule has 0 saturated heterocycles. The number of nitrogens with one attached hydrogen (secondary N) is 1. The van der Waals surface area contributed by atoms with E-state index in [1.165, 1.54) is 23.3 Å². The molecule has 0 aliphatic heterocycles. The van der Waals surface area contributed by atoms with Gasteiger partial charge in [-0.25, -0.2) is 0 Å². The molecule has 0 aromatic heterocycles. The van der Waals surface area contributed by atoms with Crippen LogP contribution in [0.15, 0.2) is 29.2 Å². The minimum absolute atomic E-state index is 0.664. The summed E-state index contributed by atoms with van der Waals surface area (Å²) < 4.78 is 0. The third-order valence-corrected chi connectivity index (χ3v) is 3.44. The fraction of sp³-hybridized carbons (Fsp3) is 0.538. The first kappa shape index (κ1) is 11.0. The van der Waals surface area contributed by atoms with Crippen LogP contribution in [-0.2, 0) is 6.54 Å². The van der Waals surface area contributed by atoms with Crippen molar-refractivity contribution in [2.24, 2.45) is 0 Å². The van der Waals surface area contributed by atoms with Crippen molar-refractivity contribution in [1.29, 1.82) is 0 Å². The summed E-state index contributed by atoms with van der Waals surface area (Å²) in [6.45, 7) is 5.50. The van der Waals surface area contributed by atoms with Crippen molar-refractivity contribution in [1.82, 2.24) is 5.32 Å². The van der Waals surface area contributed by atoms with Crippen LogP contribution in [0.4, 0.5) is 0 Å². The maximum atomic E-state index is 3.54. The normalized spacial score (nSPS) is 15.9. The molecule has 82 valence electrons. The molecule has 0 atom stereocenters. The van der Waals surface area contributed by atoms with Crippen molar-refractivity contribution in [2.45, 2.75) is 49.4 Å². The van der Waals surface area contributed by atoms with Gasteiger partial charge in [0, 0.05) is 22.7 Å². The maximum absolute atomic E-state index is 3.54. The maximum Gasteiger partial charge on any atom is 0.0208 e. The van der Waals surface area contributed by atoms with Gasteiger partial charge in [0.15, 0.2) is 0 Å². The smallest absolute Gasteiger partial charge is 0.0208 e. The van der Waals surface area contributed by atoms with Gasteiger partial charge in [-0.2, -0.15) is 0 Å². The number of thioether (sulfide) groups is 1. The Morgan fingerprint density at radius 3 is 2.87 bits per heavy atom. The highest BCUT2D eigenvalue weighted by Gasteiger charge is 2.19. The van der Waals surface area contributed by atoms with Gasteiger partial charge in [-0.1, -0.05) is 26.0 Å². The standard InChI is InChI=1S/C13H19NS/c1-10(2)15-13-5-3-4-11(8-13)9-14-12-6-7-12/h3-5,8,10,12,14H,6-7,9H2,1-2H3. The lowest BCUT2D eigenvalue weighted by molar-refractivity contribution is 0.687. The molecule has 1 aromatic rings. The van der Waals surface area contributed by atoms with Gasteiger partial charge in [0.1, 0.15) is 0 Å². The molecule has 2 heteroatoms. The molecule has 0 spiro atoms. The lowest BCUT2D eigenvalue weighted by Gasteiger charge is -2.07. The minimum Gasteiger partial charge on any atom is -0.310 e. The van der Waals surface area contributed by atoms with Gasteiger partial charge in [-0.05, 0) is 30.5 Å². The zero-order valence-corrected chi connectivity index (χ0v) is 10.3. The lowest BCUT2D eigenvalue weighted by Crippen LogP contribution is -2.15. The highest BCUT2D eigenvalue weighted by Crippen LogP contribution is 2.24. The Bertz CT molecular complexity index is 318. The largest absolute Gasteiger partial charge is 0.310 e. The van der Waals surface area contributed by atoms with Gasteiger partial charge < -0.3 is 5.32 Å². The van der Waals surface area contributed by atoms with E-state index >= 15 is 0 Å². The molecule has 1 aromatic carbocycles. The van der Waals surface area contributed by atoms with Crippen LogP contribution in [0.1, 0.15) is 32.3 Å². The Morgan fingerprint density at radius 2 is 2.20 bits per heavy atom. The van der Waals surface area contributed by atoms with E-state index in [9.17, 15) is 0 Å². The molecule has 2 rings (SSSR count). The van der Waals surface area contributed by atoms with E-state index in [4.69, 9.17) is 0 Å². The van der Waals surface area contributed by atoms with Crippen molar-refractivity contribution in [3.05, 3.63) is 29.8 Å². The summed E-state index contributed by atoms with van der Waals surface area (Å²) in [4.78, 5) is 1.39. The number of rotatable bonds is 5. The number of hydrogen-bond donors (Lipinski definition) is 1. The predicted molar refractivity (Wildman–Crippen MR) is 67.3 cm³/mol. The first-order valence-electron chi connectivity index (χ1n) is 5.73. The molecule has 0 amide bonds. The number of benzene rings is 1. The van der Waals surface area contributed by atoms with E-state index in [1.54, 1.807) is 0 Å². The van der Waals surface area contributed by atoms with Crippen LogP contribution < -0.4 is 5.32 Å². The molecular weight excluding hydrogens is 202 g/mol. The molecule has 1 saturated carbocycles. The van der Waals surface area contributed by atoms with Crippen molar-refractivity contribution in [3.8, 4) is 0 Å². The summed E-state index contributed by atoms with van der Waals surface area (Å²) in [5.74, 6) is 0. The molecule has 0 unspecified atom stereocenters. The fourth-order valence-corrected chi connectivity index (χ4v) is 2.47. The van der Waals surface area contributed by atoms with E-state index in [0.29, 0.717) is 5.25 Å². The van der Waals surface area contributed by atoms with Crippen LogP contribution in [-0.4, -0.2) is 11.3 Å². The van der Waals surface area contributed by atoms with Gasteiger partial charge in [0.05, 0.1) is 0 Å². The Morgan fingerprint density at radius 1 is 1.40 bits per heavy atom. The Balaban J connectivity index is 1.91. The third-order valence-electron chi connectivity index (χ3n) is 2.44. The average molecular weight is 221 g/mol. The van der Waals surface area contributed by atoms with E-state index in [1.807, 2.05) is 11.8 Å². The lowest BCUT2D eigenvalue weighted by atomic mass is 10.2. The second-order valence-electron chi connectivity index (χ2n) is 4.47. The average Bonchev–Trinajstić information content (AvgIpc) is 2.97. The molecular formula is C13H19NS. The van der Waals surface area contributed by atoms with Gasteiger partial charge in [0.25, 0.3) is 0 Å². The molecule has 0 heterocycles. The summed E-state index contributed by atoms with van der Waals surface area (Å²) in [6.07, 6.45) is 2.72. The second-order valence-corrected chi connectivity index (χ2v) is 6.12. The van der Waals surface area contributed by atoms with E-state index in [-0.39, 0.29) is 0 Å². The Hall–Kier alpha value is -0.470. The fourth-order valence-electron chi connectivity index (χ4n) is 1.55.